The zero-order valence-corrected chi connectivity index (χ0v) is 47.7. The van der Waals surface area contributed by atoms with Crippen LogP contribution in [0, 0.1) is 0 Å². The monoisotopic (exact) mass is 998 g/mol. The van der Waals surface area contributed by atoms with Crippen LogP contribution in [0.4, 0.5) is 0 Å². The van der Waals surface area contributed by atoms with Crippen LogP contribution in [0.2, 0.25) is 0 Å². The Hall–Kier alpha value is -1.92. The highest BCUT2D eigenvalue weighted by Gasteiger charge is 2.20. The molecule has 1 amide bonds. The molecule has 0 heterocycles. The summed E-state index contributed by atoms with van der Waals surface area (Å²) in [6.45, 7) is 4.92. The number of esters is 1. The number of carbonyl (C=O) groups is 2. The number of rotatable bonds is 59. The first-order valence-electron chi connectivity index (χ1n) is 31.7. The third kappa shape index (κ3) is 57.2. The maximum absolute atomic E-state index is 12.5. The highest BCUT2D eigenvalue weighted by Crippen LogP contribution is 2.18. The molecule has 0 aromatic rings. The van der Waals surface area contributed by atoms with Gasteiger partial charge in [-0.3, -0.25) is 9.59 Å². The number of unbranched alkanes of at least 4 members (excludes halogenated alkanes) is 42. The van der Waals surface area contributed by atoms with Gasteiger partial charge in [-0.1, -0.05) is 275 Å². The van der Waals surface area contributed by atoms with Crippen LogP contribution in [0.15, 0.2) is 36.5 Å². The maximum atomic E-state index is 12.5. The van der Waals surface area contributed by atoms with Crippen molar-refractivity contribution in [2.24, 2.45) is 0 Å². The Balaban J connectivity index is 3.49. The first-order chi connectivity index (χ1) is 35.0. The van der Waals surface area contributed by atoms with Crippen molar-refractivity contribution >= 4 is 11.9 Å². The van der Waals surface area contributed by atoms with Crippen molar-refractivity contribution in [2.45, 2.75) is 353 Å². The van der Waals surface area contributed by atoms with Crippen LogP contribution in [0.25, 0.3) is 0 Å². The van der Waals surface area contributed by atoms with Crippen molar-refractivity contribution in [3.05, 3.63) is 36.5 Å². The lowest BCUT2D eigenvalue weighted by atomic mass is 10.0. The molecule has 0 rings (SSSR count). The molecule has 0 spiro atoms. The summed E-state index contributed by atoms with van der Waals surface area (Å²) in [5.41, 5.74) is 0. The van der Waals surface area contributed by atoms with Gasteiger partial charge in [-0.2, -0.15) is 0 Å². The molecule has 0 saturated heterocycles. The number of hydrogen-bond donors (Lipinski definition) is 3. The van der Waals surface area contributed by atoms with Gasteiger partial charge in [-0.25, -0.2) is 0 Å². The van der Waals surface area contributed by atoms with Gasteiger partial charge >= 0.3 is 5.97 Å². The smallest absolute Gasteiger partial charge is 0.305 e. The quantitative estimate of drug-likeness (QED) is 0.0321. The maximum Gasteiger partial charge on any atom is 0.305 e. The van der Waals surface area contributed by atoms with E-state index < -0.39 is 12.1 Å². The Morgan fingerprint density at radius 1 is 0.394 bits per heavy atom. The number of ether oxygens (including phenoxy) is 1. The van der Waals surface area contributed by atoms with Gasteiger partial charge in [0, 0.05) is 12.8 Å². The topological polar surface area (TPSA) is 95.9 Å². The van der Waals surface area contributed by atoms with E-state index in [4.69, 9.17) is 4.74 Å². The number of hydrogen-bond acceptors (Lipinski definition) is 5. The van der Waals surface area contributed by atoms with E-state index in [1.54, 1.807) is 0 Å². The number of allylic oxidation sites excluding steroid dienone is 6. The van der Waals surface area contributed by atoms with Gasteiger partial charge in [0.2, 0.25) is 5.91 Å². The molecule has 2 atom stereocenters. The van der Waals surface area contributed by atoms with Crippen molar-refractivity contribution < 1.29 is 24.5 Å². The van der Waals surface area contributed by atoms with Crippen LogP contribution < -0.4 is 5.32 Å². The molecule has 6 heteroatoms. The summed E-state index contributed by atoms with van der Waals surface area (Å²) in [6, 6.07) is -0.555. The highest BCUT2D eigenvalue weighted by atomic mass is 16.5. The zero-order valence-electron chi connectivity index (χ0n) is 47.7. The summed E-state index contributed by atoms with van der Waals surface area (Å²) in [4.78, 5) is 24.6. The normalized spacial score (nSPS) is 12.8. The second-order valence-electron chi connectivity index (χ2n) is 21.7. The molecule has 0 aliphatic heterocycles. The summed E-state index contributed by atoms with van der Waals surface area (Å²) in [6.07, 6.45) is 75.8. The molecule has 0 aliphatic carbocycles. The summed E-state index contributed by atoms with van der Waals surface area (Å²) in [5.74, 6) is -0.0719. The molecule has 418 valence electrons. The van der Waals surface area contributed by atoms with Crippen molar-refractivity contribution in [2.75, 3.05) is 13.2 Å². The average Bonchev–Trinajstić information content (AvgIpc) is 3.37. The average molecular weight is 999 g/mol. The molecule has 0 bridgehead atoms. The van der Waals surface area contributed by atoms with Gasteiger partial charge in [0.25, 0.3) is 0 Å². The molecule has 0 aliphatic rings. The van der Waals surface area contributed by atoms with Crippen molar-refractivity contribution in [1.29, 1.82) is 0 Å². The van der Waals surface area contributed by atoms with Crippen molar-refractivity contribution in [3.8, 4) is 0 Å². The third-order valence-corrected chi connectivity index (χ3v) is 14.7. The van der Waals surface area contributed by atoms with Crippen molar-refractivity contribution in [1.82, 2.24) is 5.32 Å². The Morgan fingerprint density at radius 2 is 0.704 bits per heavy atom. The Labute approximate surface area is 443 Å². The van der Waals surface area contributed by atoms with E-state index in [2.05, 4.69) is 55.6 Å². The van der Waals surface area contributed by atoms with Crippen LogP contribution in [-0.2, 0) is 14.3 Å². The van der Waals surface area contributed by atoms with Crippen LogP contribution in [0.5, 0.6) is 0 Å². The summed E-state index contributed by atoms with van der Waals surface area (Å²) >= 11 is 0. The number of nitrogens with one attached hydrogen (secondary N) is 1. The fourth-order valence-corrected chi connectivity index (χ4v) is 9.78. The minimum absolute atomic E-state index is 0.0235. The van der Waals surface area contributed by atoms with Crippen LogP contribution >= 0.6 is 0 Å². The molecule has 2 unspecified atom stereocenters. The predicted octanol–water partition coefficient (Wildman–Crippen LogP) is 20.0. The zero-order chi connectivity index (χ0) is 51.4. The van der Waals surface area contributed by atoms with Gasteiger partial charge in [0.1, 0.15) is 0 Å². The van der Waals surface area contributed by atoms with E-state index in [1.807, 2.05) is 0 Å². The lowest BCUT2D eigenvalue weighted by Crippen LogP contribution is -2.45. The largest absolute Gasteiger partial charge is 0.466 e. The summed E-state index contributed by atoms with van der Waals surface area (Å²) in [5, 5.41) is 23.4. The third-order valence-electron chi connectivity index (χ3n) is 14.7. The molecule has 6 nitrogen and oxygen atoms in total. The Morgan fingerprint density at radius 3 is 1.08 bits per heavy atom. The molecule has 0 aromatic heterocycles. The van der Waals surface area contributed by atoms with Gasteiger partial charge in [0.15, 0.2) is 0 Å². The SMILES string of the molecule is CCCCCCC/C=C\CCCCCCCC(=O)OCCCCC/C=C\C/C=C\CCCCCCCCCC(=O)NC(CO)C(O)CCCCCCCCCCCCCCCCCCCCCCCCC. The molecule has 71 heavy (non-hydrogen) atoms. The van der Waals surface area contributed by atoms with Crippen LogP contribution in [-0.4, -0.2) is 47.4 Å². The van der Waals surface area contributed by atoms with Crippen LogP contribution in [0.3, 0.4) is 0 Å². The molecule has 0 aromatic carbocycles. The van der Waals surface area contributed by atoms with Gasteiger partial charge in [0.05, 0.1) is 25.4 Å². The summed E-state index contributed by atoms with van der Waals surface area (Å²) in [7, 11) is 0. The Bertz CT molecular complexity index is 1150. The number of amides is 1. The first-order valence-corrected chi connectivity index (χ1v) is 31.7. The van der Waals surface area contributed by atoms with E-state index >= 15 is 0 Å². The predicted molar refractivity (Wildman–Crippen MR) is 310 cm³/mol. The summed E-state index contributed by atoms with van der Waals surface area (Å²) < 4.78 is 5.45. The second kappa shape index (κ2) is 60.6. The Kier molecular flexibility index (Phi) is 59.0. The molecule has 3 N–H and O–H groups in total. The minimum atomic E-state index is -0.677. The number of aliphatic hydroxyl groups excluding tert-OH is 2. The second-order valence-corrected chi connectivity index (χ2v) is 21.7. The standard InChI is InChI=1S/C65H123NO5/c1-3-5-7-9-11-13-15-17-19-20-21-22-23-24-25-27-30-33-37-41-45-49-53-57-63(68)62(61-67)66-64(69)58-54-50-46-42-38-34-31-28-26-29-32-36-40-44-48-52-56-60-71-65(70)59-55-51-47-43-39-35-18-16-14-12-10-8-6-4-2/h16,18,26,29,36,40,62-63,67-68H,3-15,17,19-25,27-28,30-35,37-39,41-61H2,1-2H3,(H,66,69)/b18-16-,29-26-,40-36-. The van der Waals surface area contributed by atoms with E-state index in [0.29, 0.717) is 25.9 Å². The molecule has 0 radical (unpaired) electrons. The van der Waals surface area contributed by atoms with Gasteiger partial charge < -0.3 is 20.3 Å². The molecule has 0 fully saturated rings. The lowest BCUT2D eigenvalue weighted by Gasteiger charge is -2.22. The highest BCUT2D eigenvalue weighted by molar-refractivity contribution is 5.76. The molecule has 0 saturated carbocycles. The number of aliphatic hydroxyl groups is 2. The van der Waals surface area contributed by atoms with Gasteiger partial charge in [-0.15, -0.1) is 0 Å². The fourth-order valence-electron chi connectivity index (χ4n) is 9.78. The van der Waals surface area contributed by atoms with Gasteiger partial charge in [-0.05, 0) is 89.9 Å². The van der Waals surface area contributed by atoms with E-state index in [-0.39, 0.29) is 18.5 Å². The van der Waals surface area contributed by atoms with E-state index in [1.165, 1.54) is 225 Å². The lowest BCUT2D eigenvalue weighted by molar-refractivity contribution is -0.143. The van der Waals surface area contributed by atoms with E-state index in [0.717, 1.165) is 83.5 Å². The minimum Gasteiger partial charge on any atom is -0.466 e. The van der Waals surface area contributed by atoms with E-state index in [9.17, 15) is 19.8 Å². The first kappa shape index (κ1) is 69.1. The van der Waals surface area contributed by atoms with Crippen molar-refractivity contribution in [3.63, 3.8) is 0 Å². The van der Waals surface area contributed by atoms with Crippen LogP contribution in [0.1, 0.15) is 341 Å². The number of carbonyl (C=O) groups excluding carboxylic acids is 2. The molecular formula is C65H123NO5. The fraction of sp³-hybridized carbons (Fsp3) is 0.877. The molecular weight excluding hydrogens is 875 g/mol.